The molecule has 10 heteroatoms. The van der Waals surface area contributed by atoms with Gasteiger partial charge < -0.3 is 0 Å². The maximum Gasteiger partial charge on any atom is 0.306 e. The van der Waals surface area contributed by atoms with Crippen LogP contribution in [0.3, 0.4) is 0 Å². The Morgan fingerprint density at radius 3 is 2.68 bits per heavy atom. The number of aromatic amines is 1. The highest BCUT2D eigenvalue weighted by atomic mass is 32.2. The van der Waals surface area contributed by atoms with Gasteiger partial charge in [-0.25, -0.2) is 8.42 Å². The number of nitrogens with one attached hydrogen (secondary N) is 2. The van der Waals surface area contributed by atoms with E-state index >= 15 is 0 Å². The number of aromatic nitrogens is 2. The van der Waals surface area contributed by atoms with Crippen LogP contribution in [0.1, 0.15) is 0 Å². The molecule has 0 saturated heterocycles. The Morgan fingerprint density at radius 2 is 2.11 bits per heavy atom. The van der Waals surface area contributed by atoms with Gasteiger partial charge in [0.1, 0.15) is 5.82 Å². The zero-order valence-corrected chi connectivity index (χ0v) is 10.0. The van der Waals surface area contributed by atoms with E-state index in [1.54, 1.807) is 0 Å². The molecule has 2 rings (SSSR count). The first-order valence-electron chi connectivity index (χ1n) is 4.86. The van der Waals surface area contributed by atoms with Crippen molar-refractivity contribution in [2.45, 2.75) is 4.90 Å². The minimum absolute atomic E-state index is 0.0898. The van der Waals surface area contributed by atoms with Gasteiger partial charge in [-0.05, 0) is 12.1 Å². The summed E-state index contributed by atoms with van der Waals surface area (Å²) in [5, 5.41) is 16.5. The first-order chi connectivity index (χ1) is 8.90. The predicted molar refractivity (Wildman–Crippen MR) is 62.5 cm³/mol. The molecule has 1 aromatic heterocycles. The summed E-state index contributed by atoms with van der Waals surface area (Å²) < 4.78 is 39.0. The second-order valence-electron chi connectivity index (χ2n) is 3.45. The summed E-state index contributed by atoms with van der Waals surface area (Å²) >= 11 is 0. The molecule has 0 amide bonds. The average molecular weight is 286 g/mol. The zero-order valence-electron chi connectivity index (χ0n) is 9.20. The van der Waals surface area contributed by atoms with Crippen molar-refractivity contribution >= 4 is 21.5 Å². The summed E-state index contributed by atoms with van der Waals surface area (Å²) in [7, 11) is -4.05. The zero-order chi connectivity index (χ0) is 14.0. The van der Waals surface area contributed by atoms with E-state index in [2.05, 4.69) is 14.9 Å². The molecule has 0 unspecified atom stereocenters. The monoisotopic (exact) mass is 286 g/mol. The fourth-order valence-electron chi connectivity index (χ4n) is 1.32. The first kappa shape index (κ1) is 13.0. The number of anilines is 1. The van der Waals surface area contributed by atoms with Crippen molar-refractivity contribution in [3.05, 3.63) is 46.4 Å². The standard InChI is InChI=1S/C9H7FN4O4S/c10-7-2-1-6(5-8(7)14(15)16)19(17,18)13-9-3-4-11-12-9/h1-5H,(H2,11,12,13). The lowest BCUT2D eigenvalue weighted by molar-refractivity contribution is -0.387. The van der Waals surface area contributed by atoms with E-state index in [1.165, 1.54) is 12.3 Å². The molecule has 0 atom stereocenters. The van der Waals surface area contributed by atoms with Crippen LogP contribution in [0.25, 0.3) is 0 Å². The SMILES string of the molecule is O=[N+]([O-])c1cc(S(=O)(=O)Nc2ccn[nH]2)ccc1F. The third-order valence-electron chi connectivity index (χ3n) is 2.17. The van der Waals surface area contributed by atoms with Crippen LogP contribution in [0.4, 0.5) is 15.9 Å². The van der Waals surface area contributed by atoms with Crippen molar-refractivity contribution in [3.63, 3.8) is 0 Å². The van der Waals surface area contributed by atoms with Crippen molar-refractivity contribution in [1.82, 2.24) is 10.2 Å². The maximum absolute atomic E-state index is 13.1. The smallest absolute Gasteiger partial charge is 0.264 e. The number of nitro benzene ring substituents is 1. The van der Waals surface area contributed by atoms with Crippen molar-refractivity contribution in [1.29, 1.82) is 0 Å². The minimum atomic E-state index is -4.05. The normalized spacial score (nSPS) is 11.2. The number of halogens is 1. The van der Waals surface area contributed by atoms with Gasteiger partial charge in [-0.2, -0.15) is 9.49 Å². The fraction of sp³-hybridized carbons (Fsp3) is 0. The number of hydrogen-bond donors (Lipinski definition) is 2. The van der Waals surface area contributed by atoms with Gasteiger partial charge in [0.15, 0.2) is 0 Å². The van der Waals surface area contributed by atoms with Crippen LogP contribution in [-0.4, -0.2) is 23.5 Å². The molecule has 19 heavy (non-hydrogen) atoms. The van der Waals surface area contributed by atoms with Gasteiger partial charge in [-0.1, -0.05) is 0 Å². The summed E-state index contributed by atoms with van der Waals surface area (Å²) in [6.45, 7) is 0. The fourth-order valence-corrected chi connectivity index (χ4v) is 2.35. The van der Waals surface area contributed by atoms with Gasteiger partial charge in [-0.3, -0.25) is 19.9 Å². The summed E-state index contributed by atoms with van der Waals surface area (Å²) in [6.07, 6.45) is 1.32. The lowest BCUT2D eigenvalue weighted by Crippen LogP contribution is -2.13. The van der Waals surface area contributed by atoms with Crippen molar-refractivity contribution in [2.75, 3.05) is 4.72 Å². The Labute approximate surface area is 106 Å². The van der Waals surface area contributed by atoms with Gasteiger partial charge >= 0.3 is 5.69 Å². The van der Waals surface area contributed by atoms with E-state index in [9.17, 15) is 22.9 Å². The first-order valence-corrected chi connectivity index (χ1v) is 6.34. The van der Waals surface area contributed by atoms with E-state index in [0.717, 1.165) is 12.1 Å². The third-order valence-corrected chi connectivity index (χ3v) is 3.53. The molecule has 8 nitrogen and oxygen atoms in total. The van der Waals surface area contributed by atoms with Gasteiger partial charge in [0.25, 0.3) is 10.0 Å². The molecule has 2 aromatic rings. The predicted octanol–water partition coefficient (Wildman–Crippen LogP) is 1.26. The largest absolute Gasteiger partial charge is 0.306 e. The number of H-pyrrole nitrogens is 1. The second-order valence-corrected chi connectivity index (χ2v) is 5.13. The Kier molecular flexibility index (Phi) is 3.17. The molecule has 0 radical (unpaired) electrons. The van der Waals surface area contributed by atoms with E-state index in [1.807, 2.05) is 0 Å². The van der Waals surface area contributed by atoms with Gasteiger partial charge in [0.2, 0.25) is 5.82 Å². The van der Waals surface area contributed by atoms with Gasteiger partial charge in [0, 0.05) is 12.1 Å². The van der Waals surface area contributed by atoms with Crippen molar-refractivity contribution in [3.8, 4) is 0 Å². The van der Waals surface area contributed by atoms with Crippen molar-refractivity contribution < 1.29 is 17.7 Å². The molecule has 1 aromatic carbocycles. The second kappa shape index (κ2) is 4.65. The van der Waals surface area contributed by atoms with E-state index in [0.29, 0.717) is 6.07 Å². The number of rotatable bonds is 4. The summed E-state index contributed by atoms with van der Waals surface area (Å²) in [5.41, 5.74) is -0.910. The molecule has 1 heterocycles. The molecule has 0 bridgehead atoms. The lowest BCUT2D eigenvalue weighted by atomic mass is 10.3. The van der Waals surface area contributed by atoms with Crippen LogP contribution < -0.4 is 4.72 Å². The minimum Gasteiger partial charge on any atom is -0.264 e. The Bertz CT molecular complexity index is 714. The van der Waals surface area contributed by atoms with Crippen LogP contribution in [-0.2, 0) is 10.0 Å². The topological polar surface area (TPSA) is 118 Å². The van der Waals surface area contributed by atoms with Crippen molar-refractivity contribution in [2.24, 2.45) is 0 Å². The molecule has 0 spiro atoms. The van der Waals surface area contributed by atoms with Crippen LogP contribution in [0.2, 0.25) is 0 Å². The molecule has 0 aliphatic carbocycles. The summed E-state index contributed by atoms with van der Waals surface area (Å²) in [6, 6.07) is 3.66. The average Bonchev–Trinajstić information content (AvgIpc) is 2.80. The maximum atomic E-state index is 13.1. The highest BCUT2D eigenvalue weighted by molar-refractivity contribution is 7.92. The molecule has 0 aliphatic heterocycles. The summed E-state index contributed by atoms with van der Waals surface area (Å²) in [5.74, 6) is -1.02. The number of nitrogens with zero attached hydrogens (tertiary/aromatic N) is 2. The Morgan fingerprint density at radius 1 is 1.37 bits per heavy atom. The third kappa shape index (κ3) is 2.68. The van der Waals surface area contributed by atoms with Crippen LogP contribution in [0.15, 0.2) is 35.4 Å². The molecular weight excluding hydrogens is 279 g/mol. The highest BCUT2D eigenvalue weighted by Gasteiger charge is 2.21. The van der Waals surface area contributed by atoms with E-state index < -0.39 is 31.3 Å². The van der Waals surface area contributed by atoms with Gasteiger partial charge in [-0.15, -0.1) is 0 Å². The quantitative estimate of drug-likeness (QED) is 0.648. The highest BCUT2D eigenvalue weighted by Crippen LogP contribution is 2.22. The number of sulfonamides is 1. The lowest BCUT2D eigenvalue weighted by Gasteiger charge is -2.05. The molecule has 2 N–H and O–H groups in total. The van der Waals surface area contributed by atoms with E-state index in [-0.39, 0.29) is 5.82 Å². The number of hydrogen-bond acceptors (Lipinski definition) is 5. The van der Waals surface area contributed by atoms with Gasteiger partial charge in [0.05, 0.1) is 16.0 Å². The molecule has 0 saturated carbocycles. The molecule has 0 fully saturated rings. The van der Waals surface area contributed by atoms with Crippen LogP contribution >= 0.6 is 0 Å². The van der Waals surface area contributed by atoms with Crippen LogP contribution in [0.5, 0.6) is 0 Å². The van der Waals surface area contributed by atoms with Crippen LogP contribution in [0, 0.1) is 15.9 Å². The molecular formula is C9H7FN4O4S. The Hall–Kier alpha value is -2.49. The molecule has 0 aliphatic rings. The molecule has 100 valence electrons. The van der Waals surface area contributed by atoms with E-state index in [4.69, 9.17) is 0 Å². The Balaban J connectivity index is 2.41. The number of benzene rings is 1. The summed E-state index contributed by atoms with van der Waals surface area (Å²) in [4.78, 5) is 9.14. The number of nitro groups is 1.